The zero-order chi connectivity index (χ0) is 12.8. The fourth-order valence-electron chi connectivity index (χ4n) is 1.95. The maximum absolute atomic E-state index is 4.19. The predicted octanol–water partition coefficient (Wildman–Crippen LogP) is 3.64. The normalized spacial score (nSPS) is 11.7. The van der Waals surface area contributed by atoms with E-state index in [0.29, 0.717) is 6.04 Å². The topological polar surface area (TPSA) is 24.9 Å². The summed E-state index contributed by atoms with van der Waals surface area (Å²) in [7, 11) is 0. The number of benzene rings is 1. The van der Waals surface area contributed by atoms with E-state index in [4.69, 9.17) is 0 Å². The molecule has 0 spiro atoms. The van der Waals surface area contributed by atoms with Crippen LogP contribution in [0.5, 0.6) is 0 Å². The number of hydrogen-bond acceptors (Lipinski definition) is 2. The highest BCUT2D eigenvalue weighted by Gasteiger charge is 1.96. The average Bonchev–Trinajstić information content (AvgIpc) is 2.38. The van der Waals surface area contributed by atoms with Gasteiger partial charge in [-0.3, -0.25) is 4.98 Å². The summed E-state index contributed by atoms with van der Waals surface area (Å²) in [4.78, 5) is 4.19. The minimum absolute atomic E-state index is 0.556. The number of fused-ring (bicyclic) bond motifs is 1. The van der Waals surface area contributed by atoms with Crippen molar-refractivity contribution in [2.75, 3.05) is 6.54 Å². The third-order valence-electron chi connectivity index (χ3n) is 2.88. The van der Waals surface area contributed by atoms with Crippen molar-refractivity contribution >= 4 is 16.8 Å². The van der Waals surface area contributed by atoms with Crippen LogP contribution >= 0.6 is 0 Å². The smallest absolute Gasteiger partial charge is 0.0352 e. The number of hydrogen-bond donors (Lipinski definition) is 1. The third kappa shape index (κ3) is 3.41. The Morgan fingerprint density at radius 2 is 2.17 bits per heavy atom. The van der Waals surface area contributed by atoms with E-state index < -0.39 is 0 Å². The maximum atomic E-state index is 4.19. The number of rotatable bonds is 5. The summed E-state index contributed by atoms with van der Waals surface area (Å²) < 4.78 is 0. The van der Waals surface area contributed by atoms with Crippen LogP contribution in [-0.4, -0.2) is 17.6 Å². The predicted molar refractivity (Wildman–Crippen MR) is 78.5 cm³/mol. The van der Waals surface area contributed by atoms with Crippen LogP contribution in [-0.2, 0) is 0 Å². The molecular weight excluding hydrogens is 220 g/mol. The molecule has 0 aliphatic carbocycles. The second kappa shape index (κ2) is 6.31. The Labute approximate surface area is 109 Å². The highest BCUT2D eigenvalue weighted by atomic mass is 14.9. The van der Waals surface area contributed by atoms with E-state index in [2.05, 4.69) is 54.5 Å². The summed E-state index contributed by atoms with van der Waals surface area (Å²) in [5.41, 5.74) is 1.24. The van der Waals surface area contributed by atoms with Gasteiger partial charge in [0.1, 0.15) is 0 Å². The van der Waals surface area contributed by atoms with Crippen molar-refractivity contribution < 1.29 is 0 Å². The summed E-state index contributed by atoms with van der Waals surface area (Å²) in [5, 5.41) is 5.86. The van der Waals surface area contributed by atoms with Gasteiger partial charge in [0.15, 0.2) is 0 Å². The molecule has 0 aliphatic rings. The van der Waals surface area contributed by atoms with Crippen LogP contribution < -0.4 is 5.32 Å². The quantitative estimate of drug-likeness (QED) is 0.807. The number of nitrogens with one attached hydrogen (secondary N) is 1. The Bertz CT molecular complexity index is 524. The molecule has 1 N–H and O–H groups in total. The van der Waals surface area contributed by atoms with Crippen LogP contribution in [0.1, 0.15) is 25.8 Å². The highest BCUT2D eigenvalue weighted by Crippen LogP contribution is 2.18. The molecule has 1 heterocycles. The molecular formula is C16H20N2. The Hall–Kier alpha value is -1.67. The highest BCUT2D eigenvalue weighted by molar-refractivity contribution is 5.89. The first-order valence-corrected chi connectivity index (χ1v) is 6.50. The van der Waals surface area contributed by atoms with Crippen LogP contribution in [0.15, 0.2) is 42.7 Å². The van der Waals surface area contributed by atoms with E-state index in [1.54, 1.807) is 0 Å². The molecule has 1 aromatic carbocycles. The molecule has 0 radical (unpaired) electrons. The summed E-state index contributed by atoms with van der Waals surface area (Å²) in [6, 6.07) is 8.95. The average molecular weight is 240 g/mol. The fourth-order valence-corrected chi connectivity index (χ4v) is 1.95. The van der Waals surface area contributed by atoms with Gasteiger partial charge >= 0.3 is 0 Å². The SMILES string of the molecule is CC(C)NCC/C=C/c1cccc2ccncc12. The van der Waals surface area contributed by atoms with Gasteiger partial charge in [-0.05, 0) is 30.0 Å². The molecule has 0 saturated heterocycles. The van der Waals surface area contributed by atoms with E-state index in [0.717, 1.165) is 13.0 Å². The molecule has 0 unspecified atom stereocenters. The van der Waals surface area contributed by atoms with Crippen LogP contribution in [0, 0.1) is 0 Å². The van der Waals surface area contributed by atoms with Crippen molar-refractivity contribution in [2.45, 2.75) is 26.3 Å². The molecule has 2 rings (SSSR count). The molecule has 18 heavy (non-hydrogen) atoms. The molecule has 1 aromatic heterocycles. The second-order valence-electron chi connectivity index (χ2n) is 4.74. The van der Waals surface area contributed by atoms with E-state index in [1.807, 2.05) is 18.5 Å². The van der Waals surface area contributed by atoms with E-state index in [-0.39, 0.29) is 0 Å². The molecule has 0 amide bonds. The number of nitrogens with zero attached hydrogens (tertiary/aromatic N) is 1. The summed E-state index contributed by atoms with van der Waals surface area (Å²) in [6.45, 7) is 5.36. The van der Waals surface area contributed by atoms with Gasteiger partial charge in [0.05, 0.1) is 0 Å². The van der Waals surface area contributed by atoms with Crippen LogP contribution in [0.4, 0.5) is 0 Å². The minimum atomic E-state index is 0.556. The molecule has 94 valence electrons. The lowest BCUT2D eigenvalue weighted by Crippen LogP contribution is -2.23. The second-order valence-corrected chi connectivity index (χ2v) is 4.74. The molecule has 2 nitrogen and oxygen atoms in total. The van der Waals surface area contributed by atoms with Crippen LogP contribution in [0.2, 0.25) is 0 Å². The van der Waals surface area contributed by atoms with Crippen molar-refractivity contribution in [3.8, 4) is 0 Å². The first-order valence-electron chi connectivity index (χ1n) is 6.50. The van der Waals surface area contributed by atoms with Gasteiger partial charge < -0.3 is 5.32 Å². The number of pyridine rings is 1. The van der Waals surface area contributed by atoms with Gasteiger partial charge in [0.2, 0.25) is 0 Å². The molecule has 2 heteroatoms. The van der Waals surface area contributed by atoms with Crippen molar-refractivity contribution in [3.63, 3.8) is 0 Å². The fraction of sp³-hybridized carbons (Fsp3) is 0.312. The largest absolute Gasteiger partial charge is 0.314 e. The zero-order valence-corrected chi connectivity index (χ0v) is 11.1. The summed E-state index contributed by atoms with van der Waals surface area (Å²) in [5.74, 6) is 0. The Morgan fingerprint density at radius 1 is 1.28 bits per heavy atom. The lowest BCUT2D eigenvalue weighted by atomic mass is 10.1. The van der Waals surface area contributed by atoms with Crippen molar-refractivity contribution in [2.24, 2.45) is 0 Å². The van der Waals surface area contributed by atoms with Gasteiger partial charge in [-0.1, -0.05) is 44.2 Å². The molecule has 0 atom stereocenters. The first-order chi connectivity index (χ1) is 8.77. The number of aromatic nitrogens is 1. The van der Waals surface area contributed by atoms with E-state index in [9.17, 15) is 0 Å². The molecule has 0 bridgehead atoms. The van der Waals surface area contributed by atoms with Crippen LogP contribution in [0.3, 0.4) is 0 Å². The maximum Gasteiger partial charge on any atom is 0.0352 e. The van der Waals surface area contributed by atoms with Crippen molar-refractivity contribution in [1.82, 2.24) is 10.3 Å². The monoisotopic (exact) mass is 240 g/mol. The lowest BCUT2D eigenvalue weighted by molar-refractivity contribution is 0.595. The molecule has 0 aliphatic heterocycles. The minimum Gasteiger partial charge on any atom is -0.314 e. The van der Waals surface area contributed by atoms with Gasteiger partial charge in [0.25, 0.3) is 0 Å². The van der Waals surface area contributed by atoms with Crippen molar-refractivity contribution in [3.05, 3.63) is 48.3 Å². The van der Waals surface area contributed by atoms with Gasteiger partial charge in [-0.15, -0.1) is 0 Å². The Kier molecular flexibility index (Phi) is 4.48. The Morgan fingerprint density at radius 3 is 3.00 bits per heavy atom. The van der Waals surface area contributed by atoms with Crippen molar-refractivity contribution in [1.29, 1.82) is 0 Å². The first kappa shape index (κ1) is 12.8. The van der Waals surface area contributed by atoms with Gasteiger partial charge in [0, 0.05) is 23.8 Å². The molecule has 0 fully saturated rings. The third-order valence-corrected chi connectivity index (χ3v) is 2.88. The van der Waals surface area contributed by atoms with E-state index in [1.165, 1.54) is 16.3 Å². The lowest BCUT2D eigenvalue weighted by Gasteiger charge is -2.05. The van der Waals surface area contributed by atoms with Gasteiger partial charge in [-0.25, -0.2) is 0 Å². The summed E-state index contributed by atoms with van der Waals surface area (Å²) >= 11 is 0. The Balaban J connectivity index is 2.05. The standard InChI is InChI=1S/C16H20N2/c1-13(2)18-10-4-3-6-14-7-5-8-15-9-11-17-12-16(14)15/h3,5-9,11-13,18H,4,10H2,1-2H3/b6-3+. The van der Waals surface area contributed by atoms with Gasteiger partial charge in [-0.2, -0.15) is 0 Å². The summed E-state index contributed by atoms with van der Waals surface area (Å²) in [6.07, 6.45) is 9.22. The van der Waals surface area contributed by atoms with Crippen LogP contribution in [0.25, 0.3) is 16.8 Å². The molecule has 0 saturated carbocycles. The zero-order valence-electron chi connectivity index (χ0n) is 11.1. The van der Waals surface area contributed by atoms with E-state index >= 15 is 0 Å². The molecule has 2 aromatic rings.